The first-order valence-electron chi connectivity index (χ1n) is 9.76. The van der Waals surface area contributed by atoms with Gasteiger partial charge in [0.15, 0.2) is 0 Å². The summed E-state index contributed by atoms with van der Waals surface area (Å²) in [7, 11) is 0. The van der Waals surface area contributed by atoms with Gasteiger partial charge in [-0.15, -0.1) is 0 Å². The minimum absolute atomic E-state index is 0.000852. The molecule has 0 spiro atoms. The molecule has 1 aliphatic heterocycles. The predicted molar refractivity (Wildman–Crippen MR) is 108 cm³/mol. The van der Waals surface area contributed by atoms with Crippen LogP contribution in [0, 0.1) is 6.92 Å². The second-order valence-electron chi connectivity index (χ2n) is 7.78. The Bertz CT molecular complexity index is 1120. The first kappa shape index (κ1) is 17.0. The fourth-order valence-electron chi connectivity index (χ4n) is 3.93. The second-order valence-corrected chi connectivity index (χ2v) is 7.78. The molecular weight excluding hydrogens is 352 g/mol. The molecule has 0 radical (unpaired) electrons. The van der Waals surface area contributed by atoms with E-state index in [9.17, 15) is 9.59 Å². The van der Waals surface area contributed by atoms with Crippen molar-refractivity contribution in [3.8, 4) is 5.75 Å². The number of ether oxygens (including phenoxy) is 1. The number of pyridine rings is 1. The monoisotopic (exact) mass is 374 g/mol. The maximum Gasteiger partial charge on any atom is 0.254 e. The van der Waals surface area contributed by atoms with Gasteiger partial charge in [0.2, 0.25) is 0 Å². The lowest BCUT2D eigenvalue weighted by Crippen LogP contribution is -2.56. The molecule has 5 nitrogen and oxygen atoms in total. The number of hydrogen-bond donors (Lipinski definition) is 0. The van der Waals surface area contributed by atoms with E-state index < -0.39 is 0 Å². The van der Waals surface area contributed by atoms with Gasteiger partial charge < -0.3 is 14.2 Å². The Morgan fingerprint density at radius 3 is 2.46 bits per heavy atom. The van der Waals surface area contributed by atoms with Crippen molar-refractivity contribution < 1.29 is 9.53 Å². The summed E-state index contributed by atoms with van der Waals surface area (Å²) in [5.74, 6) is 0.619. The maximum absolute atomic E-state index is 12.7. The summed E-state index contributed by atoms with van der Waals surface area (Å²) in [6.07, 6.45) is 2.09. The van der Waals surface area contributed by atoms with E-state index in [2.05, 4.69) is 0 Å². The number of aryl methyl sites for hydroxylation is 1. The van der Waals surface area contributed by atoms with E-state index >= 15 is 0 Å². The van der Waals surface area contributed by atoms with Gasteiger partial charge in [-0.3, -0.25) is 9.59 Å². The zero-order valence-electron chi connectivity index (χ0n) is 15.8. The Labute approximate surface area is 163 Å². The zero-order chi connectivity index (χ0) is 19.3. The third-order valence-electron chi connectivity index (χ3n) is 5.58. The lowest BCUT2D eigenvalue weighted by atomic mass is 10.0. The Morgan fingerprint density at radius 1 is 1.00 bits per heavy atom. The SMILES string of the molecule is Cc1cc(OC2CN(C(=O)c3ccc4ccccc4c3)C2)cc(=O)n1C1CC1. The van der Waals surface area contributed by atoms with Crippen LogP contribution in [0.3, 0.4) is 0 Å². The summed E-state index contributed by atoms with van der Waals surface area (Å²) in [6.45, 7) is 3.02. The van der Waals surface area contributed by atoms with Gasteiger partial charge >= 0.3 is 0 Å². The highest BCUT2D eigenvalue weighted by atomic mass is 16.5. The lowest BCUT2D eigenvalue weighted by Gasteiger charge is -2.39. The van der Waals surface area contributed by atoms with E-state index in [0.29, 0.717) is 30.4 Å². The molecule has 2 aliphatic rings. The van der Waals surface area contributed by atoms with Gasteiger partial charge in [-0.25, -0.2) is 0 Å². The van der Waals surface area contributed by atoms with E-state index in [1.165, 1.54) is 0 Å². The number of carbonyl (C=O) groups is 1. The Balaban J connectivity index is 1.24. The van der Waals surface area contributed by atoms with Crippen LogP contribution in [0.2, 0.25) is 0 Å². The van der Waals surface area contributed by atoms with Crippen LogP contribution < -0.4 is 10.3 Å². The van der Waals surface area contributed by atoms with Crippen LogP contribution in [0.4, 0.5) is 0 Å². The Hall–Kier alpha value is -3.08. The molecule has 1 aromatic heterocycles. The predicted octanol–water partition coefficient (Wildman–Crippen LogP) is 3.55. The summed E-state index contributed by atoms with van der Waals surface area (Å²) in [5, 5.41) is 2.19. The molecule has 142 valence electrons. The molecule has 0 atom stereocenters. The van der Waals surface area contributed by atoms with Gasteiger partial charge in [0, 0.05) is 23.4 Å². The van der Waals surface area contributed by atoms with Crippen molar-refractivity contribution in [3.05, 3.63) is 76.2 Å². The van der Waals surface area contributed by atoms with Crippen LogP contribution in [0.15, 0.2) is 59.4 Å². The third-order valence-corrected chi connectivity index (χ3v) is 5.58. The Kier molecular flexibility index (Phi) is 3.97. The summed E-state index contributed by atoms with van der Waals surface area (Å²) in [5.41, 5.74) is 1.63. The summed E-state index contributed by atoms with van der Waals surface area (Å²) >= 11 is 0. The molecule has 5 rings (SSSR count). The average molecular weight is 374 g/mol. The smallest absolute Gasteiger partial charge is 0.254 e. The number of likely N-dealkylation sites (tertiary alicyclic amines) is 1. The van der Waals surface area contributed by atoms with Crippen LogP contribution in [-0.4, -0.2) is 34.6 Å². The zero-order valence-corrected chi connectivity index (χ0v) is 15.8. The topological polar surface area (TPSA) is 51.5 Å². The maximum atomic E-state index is 12.7. The van der Waals surface area contributed by atoms with Crippen LogP contribution in [0.25, 0.3) is 10.8 Å². The molecular formula is C23H22N2O3. The first-order chi connectivity index (χ1) is 13.6. The number of carbonyl (C=O) groups excluding carboxylic acids is 1. The van der Waals surface area contributed by atoms with Crippen molar-refractivity contribution in [2.75, 3.05) is 13.1 Å². The number of hydrogen-bond acceptors (Lipinski definition) is 3. The van der Waals surface area contributed by atoms with Gasteiger partial charge in [0.25, 0.3) is 11.5 Å². The third kappa shape index (κ3) is 3.07. The number of nitrogens with zero attached hydrogens (tertiary/aromatic N) is 2. The molecule has 1 aliphatic carbocycles. The number of amides is 1. The van der Waals surface area contributed by atoms with Gasteiger partial charge in [-0.1, -0.05) is 30.3 Å². The lowest BCUT2D eigenvalue weighted by molar-refractivity contribution is 0.0176. The molecule has 0 N–H and O–H groups in total. The van der Waals surface area contributed by atoms with Crippen LogP contribution in [0.5, 0.6) is 5.75 Å². The molecule has 1 saturated heterocycles. The van der Waals surface area contributed by atoms with Crippen molar-refractivity contribution >= 4 is 16.7 Å². The number of rotatable bonds is 4. The largest absolute Gasteiger partial charge is 0.486 e. The van der Waals surface area contributed by atoms with Gasteiger partial charge in [-0.05, 0) is 48.7 Å². The molecule has 2 aromatic carbocycles. The summed E-state index contributed by atoms with van der Waals surface area (Å²) < 4.78 is 7.80. The van der Waals surface area contributed by atoms with Crippen LogP contribution in [-0.2, 0) is 0 Å². The number of aromatic nitrogens is 1. The number of fused-ring (bicyclic) bond motifs is 1. The highest BCUT2D eigenvalue weighted by Crippen LogP contribution is 2.35. The summed E-state index contributed by atoms with van der Waals surface area (Å²) in [6, 6.07) is 17.7. The second kappa shape index (κ2) is 6.51. The number of benzene rings is 2. The Morgan fingerprint density at radius 2 is 1.75 bits per heavy atom. The van der Waals surface area contributed by atoms with E-state index in [-0.39, 0.29) is 17.6 Å². The van der Waals surface area contributed by atoms with Crippen molar-refractivity contribution in [2.24, 2.45) is 0 Å². The molecule has 2 fully saturated rings. The summed E-state index contributed by atoms with van der Waals surface area (Å²) in [4.78, 5) is 26.8. The average Bonchev–Trinajstić information content (AvgIpc) is 3.48. The van der Waals surface area contributed by atoms with Gasteiger partial charge in [-0.2, -0.15) is 0 Å². The molecule has 0 bridgehead atoms. The molecule has 3 aromatic rings. The van der Waals surface area contributed by atoms with E-state index in [1.807, 2.05) is 60.0 Å². The highest BCUT2D eigenvalue weighted by molar-refractivity contribution is 5.99. The highest BCUT2D eigenvalue weighted by Gasteiger charge is 2.33. The molecule has 2 heterocycles. The fraction of sp³-hybridized carbons (Fsp3) is 0.304. The minimum atomic E-state index is -0.0695. The van der Waals surface area contributed by atoms with Crippen molar-refractivity contribution in [3.63, 3.8) is 0 Å². The standard InChI is InChI=1S/C23H22N2O3/c1-15-10-20(12-22(26)25(15)19-8-9-19)28-21-13-24(14-21)23(27)18-7-6-16-4-2-3-5-17(16)11-18/h2-7,10-12,19,21H,8-9,13-14H2,1H3. The van der Waals surface area contributed by atoms with Crippen molar-refractivity contribution in [1.29, 1.82) is 0 Å². The molecule has 1 saturated carbocycles. The van der Waals surface area contributed by atoms with E-state index in [4.69, 9.17) is 4.74 Å². The molecule has 5 heteroatoms. The normalized spacial score (nSPS) is 16.8. The fourth-order valence-corrected chi connectivity index (χ4v) is 3.93. The quantitative estimate of drug-likeness (QED) is 0.702. The van der Waals surface area contributed by atoms with Crippen molar-refractivity contribution in [2.45, 2.75) is 31.9 Å². The van der Waals surface area contributed by atoms with E-state index in [0.717, 1.165) is 29.3 Å². The van der Waals surface area contributed by atoms with Gasteiger partial charge in [0.05, 0.1) is 13.1 Å². The molecule has 0 unspecified atom stereocenters. The van der Waals surface area contributed by atoms with Crippen molar-refractivity contribution in [1.82, 2.24) is 9.47 Å². The van der Waals surface area contributed by atoms with Crippen LogP contribution in [0.1, 0.15) is 34.9 Å². The molecule has 28 heavy (non-hydrogen) atoms. The molecule has 1 amide bonds. The van der Waals surface area contributed by atoms with E-state index in [1.54, 1.807) is 11.0 Å². The van der Waals surface area contributed by atoms with Crippen LogP contribution >= 0.6 is 0 Å². The van der Waals surface area contributed by atoms with Gasteiger partial charge in [0.1, 0.15) is 11.9 Å². The minimum Gasteiger partial charge on any atom is -0.486 e. The first-order valence-corrected chi connectivity index (χ1v) is 9.76.